The summed E-state index contributed by atoms with van der Waals surface area (Å²) in [7, 11) is 1.63. The Hall–Kier alpha value is -2.32. The summed E-state index contributed by atoms with van der Waals surface area (Å²) in [6, 6.07) is 13.2. The molecule has 128 valence electrons. The summed E-state index contributed by atoms with van der Waals surface area (Å²) in [6.45, 7) is 0. The Labute approximate surface area is 157 Å². The molecule has 0 radical (unpaired) electrons. The van der Waals surface area contributed by atoms with Crippen LogP contribution in [-0.4, -0.2) is 33.5 Å². The Balaban J connectivity index is 1.67. The number of carbonyl (C=O) groups excluding carboxylic acids is 1. The molecule has 0 aliphatic carbocycles. The molecule has 0 saturated carbocycles. The first-order valence-electron chi connectivity index (χ1n) is 7.37. The third kappa shape index (κ3) is 4.61. The van der Waals surface area contributed by atoms with E-state index in [4.69, 9.17) is 4.74 Å². The number of halogens is 1. The average Bonchev–Trinajstić information content (AvgIpc) is 3.15. The van der Waals surface area contributed by atoms with Crippen LogP contribution >= 0.6 is 27.7 Å². The van der Waals surface area contributed by atoms with Gasteiger partial charge in [0.15, 0.2) is 0 Å². The summed E-state index contributed by atoms with van der Waals surface area (Å²) < 4.78 is 7.61. The van der Waals surface area contributed by atoms with E-state index in [-0.39, 0.29) is 5.91 Å². The van der Waals surface area contributed by atoms with Crippen molar-refractivity contribution in [1.82, 2.24) is 14.8 Å². The van der Waals surface area contributed by atoms with Crippen LogP contribution in [0.5, 0.6) is 5.75 Å². The van der Waals surface area contributed by atoms with Gasteiger partial charge in [-0.15, -0.1) is 11.8 Å². The van der Waals surface area contributed by atoms with Crippen molar-refractivity contribution in [2.24, 2.45) is 0 Å². The molecule has 6 nitrogen and oxygen atoms in total. The normalized spacial score (nSPS) is 10.5. The Morgan fingerprint density at radius 1 is 1.28 bits per heavy atom. The Bertz CT molecular complexity index is 854. The van der Waals surface area contributed by atoms with E-state index in [2.05, 4.69) is 31.3 Å². The molecule has 0 bridgehead atoms. The number of anilines is 1. The lowest BCUT2D eigenvalue weighted by molar-refractivity contribution is -0.113. The predicted octanol–water partition coefficient (Wildman–Crippen LogP) is 3.77. The number of benzene rings is 2. The summed E-state index contributed by atoms with van der Waals surface area (Å²) in [5, 5.41) is 7.05. The molecule has 0 atom stereocenters. The van der Waals surface area contributed by atoms with E-state index < -0.39 is 0 Å². The van der Waals surface area contributed by atoms with Crippen molar-refractivity contribution in [3.8, 4) is 11.4 Å². The quantitative estimate of drug-likeness (QED) is 0.616. The number of hydrogen-bond acceptors (Lipinski definition) is 5. The van der Waals surface area contributed by atoms with Gasteiger partial charge in [-0.05, 0) is 42.5 Å². The van der Waals surface area contributed by atoms with Crippen molar-refractivity contribution in [3.05, 3.63) is 59.6 Å². The Kier molecular flexibility index (Phi) is 5.72. The fraction of sp³-hybridized carbons (Fsp3) is 0.118. The SMILES string of the molecule is COc1ccc(SCC(=O)Nc2cc(Br)ccc2-n2cncn2)cc1. The lowest BCUT2D eigenvalue weighted by Crippen LogP contribution is -2.16. The number of hydrogen-bond donors (Lipinski definition) is 1. The summed E-state index contributed by atoms with van der Waals surface area (Å²) in [5.41, 5.74) is 1.42. The molecule has 1 N–H and O–H groups in total. The van der Waals surface area contributed by atoms with Gasteiger partial charge in [-0.25, -0.2) is 9.67 Å². The van der Waals surface area contributed by atoms with E-state index in [1.54, 1.807) is 18.1 Å². The molecule has 1 aromatic heterocycles. The highest BCUT2D eigenvalue weighted by molar-refractivity contribution is 9.10. The molecule has 2 aromatic carbocycles. The number of nitrogens with one attached hydrogen (secondary N) is 1. The standard InChI is InChI=1S/C17H15BrN4O2S/c1-24-13-3-5-14(6-4-13)25-9-17(23)21-15-8-12(18)2-7-16(15)22-11-19-10-20-22/h2-8,10-11H,9H2,1H3,(H,21,23). The van der Waals surface area contributed by atoms with Gasteiger partial charge in [0, 0.05) is 9.37 Å². The maximum atomic E-state index is 12.3. The number of amides is 1. The lowest BCUT2D eigenvalue weighted by atomic mass is 10.2. The second-order valence-corrected chi connectivity index (χ2v) is 6.98. The van der Waals surface area contributed by atoms with Gasteiger partial charge in [0.25, 0.3) is 0 Å². The molecule has 0 unspecified atom stereocenters. The van der Waals surface area contributed by atoms with E-state index in [1.807, 2.05) is 42.5 Å². The van der Waals surface area contributed by atoms with E-state index >= 15 is 0 Å². The largest absolute Gasteiger partial charge is 0.497 e. The van der Waals surface area contributed by atoms with Crippen molar-refractivity contribution >= 4 is 39.3 Å². The highest BCUT2D eigenvalue weighted by atomic mass is 79.9. The summed E-state index contributed by atoms with van der Waals surface area (Å²) in [4.78, 5) is 17.3. The van der Waals surface area contributed by atoms with Crippen LogP contribution in [0.25, 0.3) is 5.69 Å². The third-order valence-corrected chi connectivity index (χ3v) is 4.83. The second-order valence-electron chi connectivity index (χ2n) is 5.01. The molecule has 3 aromatic rings. The summed E-state index contributed by atoms with van der Waals surface area (Å²) >= 11 is 4.89. The van der Waals surface area contributed by atoms with Gasteiger partial charge in [-0.3, -0.25) is 4.79 Å². The first kappa shape index (κ1) is 17.5. The van der Waals surface area contributed by atoms with E-state index in [9.17, 15) is 4.79 Å². The van der Waals surface area contributed by atoms with Crippen molar-refractivity contribution < 1.29 is 9.53 Å². The van der Waals surface area contributed by atoms with Gasteiger partial charge >= 0.3 is 0 Å². The van der Waals surface area contributed by atoms with Gasteiger partial charge in [-0.1, -0.05) is 15.9 Å². The van der Waals surface area contributed by atoms with Crippen LogP contribution in [-0.2, 0) is 4.79 Å². The van der Waals surface area contributed by atoms with E-state index in [0.29, 0.717) is 11.4 Å². The fourth-order valence-electron chi connectivity index (χ4n) is 2.15. The highest BCUT2D eigenvalue weighted by Crippen LogP contribution is 2.25. The van der Waals surface area contributed by atoms with Crippen LogP contribution in [0.15, 0.2) is 64.5 Å². The molecule has 1 heterocycles. The predicted molar refractivity (Wildman–Crippen MR) is 101 cm³/mol. The molecule has 8 heteroatoms. The van der Waals surface area contributed by atoms with E-state index in [1.165, 1.54) is 18.1 Å². The molecule has 0 fully saturated rings. The minimum Gasteiger partial charge on any atom is -0.497 e. The van der Waals surface area contributed by atoms with Crippen molar-refractivity contribution in [1.29, 1.82) is 0 Å². The first-order valence-corrected chi connectivity index (χ1v) is 9.15. The molecular formula is C17H15BrN4O2S. The maximum Gasteiger partial charge on any atom is 0.234 e. The number of ether oxygens (including phenoxy) is 1. The van der Waals surface area contributed by atoms with Crippen molar-refractivity contribution in [2.45, 2.75) is 4.90 Å². The molecular weight excluding hydrogens is 404 g/mol. The Morgan fingerprint density at radius 3 is 2.76 bits per heavy atom. The minimum atomic E-state index is -0.0970. The minimum absolute atomic E-state index is 0.0970. The van der Waals surface area contributed by atoms with Crippen LogP contribution < -0.4 is 10.1 Å². The molecule has 0 aliphatic rings. The molecule has 25 heavy (non-hydrogen) atoms. The summed E-state index contributed by atoms with van der Waals surface area (Å²) in [6.07, 6.45) is 3.04. The third-order valence-electron chi connectivity index (χ3n) is 3.33. The number of methoxy groups -OCH3 is 1. The summed E-state index contributed by atoms with van der Waals surface area (Å²) in [5.74, 6) is 0.996. The topological polar surface area (TPSA) is 69.0 Å². The zero-order valence-electron chi connectivity index (χ0n) is 13.3. The van der Waals surface area contributed by atoms with Crippen LogP contribution in [0, 0.1) is 0 Å². The van der Waals surface area contributed by atoms with Gasteiger partial charge in [-0.2, -0.15) is 5.10 Å². The number of thioether (sulfide) groups is 1. The van der Waals surface area contributed by atoms with Crippen LogP contribution in [0.4, 0.5) is 5.69 Å². The van der Waals surface area contributed by atoms with Crippen LogP contribution in [0.2, 0.25) is 0 Å². The molecule has 0 aliphatic heterocycles. The zero-order valence-corrected chi connectivity index (χ0v) is 15.8. The maximum absolute atomic E-state index is 12.3. The molecule has 1 amide bonds. The van der Waals surface area contributed by atoms with Gasteiger partial charge in [0.05, 0.1) is 24.2 Å². The Morgan fingerprint density at radius 2 is 2.08 bits per heavy atom. The molecule has 3 rings (SSSR count). The first-order chi connectivity index (χ1) is 12.2. The van der Waals surface area contributed by atoms with Crippen molar-refractivity contribution in [2.75, 3.05) is 18.2 Å². The monoisotopic (exact) mass is 418 g/mol. The van der Waals surface area contributed by atoms with Crippen LogP contribution in [0.3, 0.4) is 0 Å². The average molecular weight is 419 g/mol. The number of carbonyl (C=O) groups is 1. The highest BCUT2D eigenvalue weighted by Gasteiger charge is 2.10. The van der Waals surface area contributed by atoms with Crippen LogP contribution in [0.1, 0.15) is 0 Å². The fourth-order valence-corrected chi connectivity index (χ4v) is 3.21. The second kappa shape index (κ2) is 8.17. The van der Waals surface area contributed by atoms with E-state index in [0.717, 1.165) is 20.8 Å². The zero-order chi connectivity index (χ0) is 17.6. The van der Waals surface area contributed by atoms with Gasteiger partial charge < -0.3 is 10.1 Å². The number of rotatable bonds is 6. The molecule has 0 saturated heterocycles. The lowest BCUT2D eigenvalue weighted by Gasteiger charge is -2.11. The van der Waals surface area contributed by atoms with Gasteiger partial charge in [0.2, 0.25) is 5.91 Å². The van der Waals surface area contributed by atoms with Crippen molar-refractivity contribution in [3.63, 3.8) is 0 Å². The number of nitrogens with zero attached hydrogens (tertiary/aromatic N) is 3. The smallest absolute Gasteiger partial charge is 0.234 e. The van der Waals surface area contributed by atoms with Gasteiger partial charge in [0.1, 0.15) is 18.4 Å². The number of aromatic nitrogens is 3. The molecule has 0 spiro atoms.